The molecule has 0 aliphatic carbocycles. The highest BCUT2D eigenvalue weighted by Gasteiger charge is 2.25. The van der Waals surface area contributed by atoms with Crippen molar-refractivity contribution in [2.75, 3.05) is 11.6 Å². The molecule has 0 fully saturated rings. The zero-order valence-corrected chi connectivity index (χ0v) is 12.2. The van der Waals surface area contributed by atoms with Gasteiger partial charge in [0.15, 0.2) is 0 Å². The Bertz CT molecular complexity index is 454. The zero-order chi connectivity index (χ0) is 14.5. The molecule has 0 unspecified atom stereocenters. The van der Waals surface area contributed by atoms with E-state index in [1.165, 1.54) is 0 Å². The third-order valence-corrected chi connectivity index (χ3v) is 3.39. The highest BCUT2D eigenvalue weighted by Crippen LogP contribution is 2.26. The molecule has 0 heterocycles. The van der Waals surface area contributed by atoms with E-state index in [9.17, 15) is 9.59 Å². The van der Waals surface area contributed by atoms with Crippen molar-refractivity contribution in [1.29, 1.82) is 0 Å². The first-order chi connectivity index (χ1) is 8.82. The van der Waals surface area contributed by atoms with Crippen LogP contribution in [-0.4, -0.2) is 23.2 Å². The summed E-state index contributed by atoms with van der Waals surface area (Å²) < 4.78 is 0. The lowest BCUT2D eigenvalue weighted by molar-refractivity contribution is -0.139. The van der Waals surface area contributed by atoms with Crippen molar-refractivity contribution in [3.8, 4) is 0 Å². The van der Waals surface area contributed by atoms with Crippen molar-refractivity contribution in [3.05, 3.63) is 24.3 Å². The number of thioether (sulfide) groups is 1. The number of nitrogens with one attached hydrogen (secondary N) is 1. The first-order valence-electron chi connectivity index (χ1n) is 5.98. The van der Waals surface area contributed by atoms with Crippen molar-refractivity contribution in [2.24, 2.45) is 5.41 Å². The lowest BCUT2D eigenvalue weighted by Gasteiger charge is -2.21. The van der Waals surface area contributed by atoms with Gasteiger partial charge in [-0.15, -0.1) is 11.8 Å². The number of carboxylic acid groups (broad SMARTS) is 1. The molecular weight excluding hydrogens is 262 g/mol. The van der Waals surface area contributed by atoms with Crippen LogP contribution in [0.5, 0.6) is 0 Å². The summed E-state index contributed by atoms with van der Waals surface area (Å²) in [5.74, 6) is -1.05. The first-order valence-corrected chi connectivity index (χ1v) is 7.20. The smallest absolute Gasteiger partial charge is 0.303 e. The van der Waals surface area contributed by atoms with E-state index in [2.05, 4.69) is 5.32 Å². The highest BCUT2D eigenvalue weighted by molar-refractivity contribution is 7.98. The number of anilines is 1. The molecule has 104 valence electrons. The standard InChI is InChI=1S/C14H19NO3S/c1-14(2,9-13(17)18)8-12(16)15-10-4-6-11(19-3)7-5-10/h4-7H,8-9H2,1-3H3,(H,15,16)(H,17,18). The molecule has 5 heteroatoms. The largest absolute Gasteiger partial charge is 0.481 e. The molecule has 19 heavy (non-hydrogen) atoms. The van der Waals surface area contributed by atoms with Crippen molar-refractivity contribution >= 4 is 29.3 Å². The number of hydrogen-bond acceptors (Lipinski definition) is 3. The molecule has 0 aliphatic rings. The van der Waals surface area contributed by atoms with Crippen LogP contribution in [-0.2, 0) is 9.59 Å². The third-order valence-electron chi connectivity index (χ3n) is 2.64. The van der Waals surface area contributed by atoms with Crippen LogP contribution in [0, 0.1) is 5.41 Å². The lowest BCUT2D eigenvalue weighted by atomic mass is 9.85. The van der Waals surface area contributed by atoms with E-state index >= 15 is 0 Å². The number of hydrogen-bond donors (Lipinski definition) is 2. The van der Waals surface area contributed by atoms with Gasteiger partial charge in [-0.1, -0.05) is 13.8 Å². The molecule has 1 aromatic carbocycles. The Kier molecular flexibility index (Phi) is 5.42. The van der Waals surface area contributed by atoms with Gasteiger partial charge in [-0.25, -0.2) is 0 Å². The third kappa shape index (κ3) is 5.79. The molecule has 0 aliphatic heterocycles. The molecule has 0 saturated heterocycles. The Hall–Kier alpha value is -1.49. The second kappa shape index (κ2) is 6.61. The van der Waals surface area contributed by atoms with Crippen molar-refractivity contribution < 1.29 is 14.7 Å². The van der Waals surface area contributed by atoms with Crippen molar-refractivity contribution in [2.45, 2.75) is 31.6 Å². The summed E-state index contributed by atoms with van der Waals surface area (Å²) in [4.78, 5) is 23.7. The van der Waals surface area contributed by atoms with E-state index in [4.69, 9.17) is 5.11 Å². The number of carboxylic acids is 1. The van der Waals surface area contributed by atoms with Gasteiger partial charge in [-0.3, -0.25) is 9.59 Å². The van der Waals surface area contributed by atoms with Crippen LogP contribution in [0.2, 0.25) is 0 Å². The van der Waals surface area contributed by atoms with Crippen LogP contribution in [0.4, 0.5) is 5.69 Å². The molecule has 0 spiro atoms. The molecule has 0 saturated carbocycles. The van der Waals surface area contributed by atoms with Gasteiger partial charge in [0.05, 0.1) is 6.42 Å². The Labute approximate surface area is 117 Å². The molecule has 1 amide bonds. The summed E-state index contributed by atoms with van der Waals surface area (Å²) in [6, 6.07) is 7.55. The predicted molar refractivity (Wildman–Crippen MR) is 77.5 cm³/mol. The quantitative estimate of drug-likeness (QED) is 0.786. The second-order valence-electron chi connectivity index (χ2n) is 5.19. The average Bonchev–Trinajstić information content (AvgIpc) is 2.27. The van der Waals surface area contributed by atoms with Gasteiger partial charge in [0, 0.05) is 17.0 Å². The SMILES string of the molecule is CSc1ccc(NC(=O)CC(C)(C)CC(=O)O)cc1. The molecule has 1 aromatic rings. The van der Waals surface area contributed by atoms with Crippen LogP contribution in [0.3, 0.4) is 0 Å². The van der Waals surface area contributed by atoms with Gasteiger partial charge < -0.3 is 10.4 Å². The maximum Gasteiger partial charge on any atom is 0.303 e. The van der Waals surface area contributed by atoms with Gasteiger partial charge >= 0.3 is 5.97 Å². The van der Waals surface area contributed by atoms with E-state index in [0.717, 1.165) is 10.6 Å². The van der Waals surface area contributed by atoms with Gasteiger partial charge in [0.2, 0.25) is 5.91 Å². The van der Waals surface area contributed by atoms with Crippen LogP contribution in [0.25, 0.3) is 0 Å². The molecule has 4 nitrogen and oxygen atoms in total. The fraction of sp³-hybridized carbons (Fsp3) is 0.429. The monoisotopic (exact) mass is 281 g/mol. The number of rotatable bonds is 6. The topological polar surface area (TPSA) is 66.4 Å². The van der Waals surface area contributed by atoms with Crippen LogP contribution in [0.1, 0.15) is 26.7 Å². The minimum atomic E-state index is -0.887. The summed E-state index contributed by atoms with van der Waals surface area (Å²) in [6.45, 7) is 3.55. The maximum absolute atomic E-state index is 11.9. The minimum Gasteiger partial charge on any atom is -0.481 e. The molecule has 1 rings (SSSR count). The number of benzene rings is 1. The van der Waals surface area contributed by atoms with E-state index in [1.807, 2.05) is 30.5 Å². The molecule has 0 aromatic heterocycles. The number of carbonyl (C=O) groups is 2. The fourth-order valence-corrected chi connectivity index (χ4v) is 2.19. The van der Waals surface area contributed by atoms with Crippen molar-refractivity contribution in [3.63, 3.8) is 0 Å². The van der Waals surface area contributed by atoms with Crippen LogP contribution in [0.15, 0.2) is 29.2 Å². The number of amides is 1. The predicted octanol–water partition coefficient (Wildman–Crippen LogP) is 3.24. The minimum absolute atomic E-state index is 0.0220. The van der Waals surface area contributed by atoms with Crippen LogP contribution >= 0.6 is 11.8 Å². The second-order valence-corrected chi connectivity index (χ2v) is 6.07. The number of carbonyl (C=O) groups excluding carboxylic acids is 1. The first kappa shape index (κ1) is 15.6. The van der Waals surface area contributed by atoms with Gasteiger partial charge in [-0.2, -0.15) is 0 Å². The normalized spacial score (nSPS) is 11.1. The number of aliphatic carboxylic acids is 1. The molecule has 0 radical (unpaired) electrons. The molecule has 0 bridgehead atoms. The van der Waals surface area contributed by atoms with Gasteiger partial charge in [0.1, 0.15) is 0 Å². The summed E-state index contributed by atoms with van der Waals surface area (Å²) in [5, 5.41) is 11.6. The Balaban J connectivity index is 2.56. The van der Waals surface area contributed by atoms with Gasteiger partial charge in [0.25, 0.3) is 0 Å². The van der Waals surface area contributed by atoms with Crippen molar-refractivity contribution in [1.82, 2.24) is 0 Å². The van der Waals surface area contributed by atoms with E-state index in [0.29, 0.717) is 0 Å². The average molecular weight is 281 g/mol. The summed E-state index contributed by atoms with van der Waals surface area (Å²) >= 11 is 1.64. The summed E-state index contributed by atoms with van der Waals surface area (Å²) in [5.41, 5.74) is 0.184. The Morgan fingerprint density at radius 1 is 1.21 bits per heavy atom. The van der Waals surface area contributed by atoms with E-state index in [1.54, 1.807) is 25.6 Å². The Morgan fingerprint density at radius 3 is 2.26 bits per heavy atom. The van der Waals surface area contributed by atoms with E-state index < -0.39 is 11.4 Å². The zero-order valence-electron chi connectivity index (χ0n) is 11.4. The summed E-state index contributed by atoms with van der Waals surface area (Å²) in [7, 11) is 0. The van der Waals surface area contributed by atoms with E-state index in [-0.39, 0.29) is 18.7 Å². The Morgan fingerprint density at radius 2 is 1.79 bits per heavy atom. The van der Waals surface area contributed by atoms with Gasteiger partial charge in [-0.05, 0) is 35.9 Å². The van der Waals surface area contributed by atoms with Crippen LogP contribution < -0.4 is 5.32 Å². The fourth-order valence-electron chi connectivity index (χ4n) is 1.79. The summed E-state index contributed by atoms with van der Waals surface area (Å²) in [6.07, 6.45) is 2.15. The molecule has 0 atom stereocenters. The highest BCUT2D eigenvalue weighted by atomic mass is 32.2. The molecule has 2 N–H and O–H groups in total. The molecular formula is C14H19NO3S. The lowest BCUT2D eigenvalue weighted by Crippen LogP contribution is -2.24. The maximum atomic E-state index is 11.9.